The van der Waals surface area contributed by atoms with Crippen LogP contribution >= 0.6 is 23.4 Å². The lowest BCUT2D eigenvalue weighted by Gasteiger charge is -2.17. The molecule has 1 aromatic heterocycles. The number of aliphatic carboxylic acids is 1. The lowest BCUT2D eigenvalue weighted by molar-refractivity contribution is -0.139. The SMILES string of the molecule is O=C(NC(CCSCc1cc(Cl)ccn1)C(=O)O)OCC1c2ccccc2-c2ccccc21. The van der Waals surface area contributed by atoms with Crippen molar-refractivity contribution in [3.8, 4) is 11.1 Å². The fourth-order valence-electron chi connectivity index (χ4n) is 3.95. The van der Waals surface area contributed by atoms with Crippen molar-refractivity contribution in [3.05, 3.63) is 88.7 Å². The van der Waals surface area contributed by atoms with Crippen LogP contribution in [0.2, 0.25) is 5.02 Å². The average molecular weight is 483 g/mol. The Hall–Kier alpha value is -3.03. The number of amides is 1. The Labute approximate surface area is 201 Å². The van der Waals surface area contributed by atoms with Gasteiger partial charge >= 0.3 is 12.1 Å². The van der Waals surface area contributed by atoms with E-state index in [1.54, 1.807) is 18.3 Å². The third-order valence-electron chi connectivity index (χ3n) is 5.51. The molecule has 2 N–H and O–H groups in total. The van der Waals surface area contributed by atoms with E-state index in [9.17, 15) is 14.7 Å². The van der Waals surface area contributed by atoms with Crippen molar-refractivity contribution in [3.63, 3.8) is 0 Å². The Morgan fingerprint density at radius 1 is 1.09 bits per heavy atom. The Kier molecular flexibility index (Phi) is 7.52. The van der Waals surface area contributed by atoms with E-state index >= 15 is 0 Å². The van der Waals surface area contributed by atoms with Gasteiger partial charge in [0.05, 0.1) is 5.69 Å². The van der Waals surface area contributed by atoms with Gasteiger partial charge in [-0.2, -0.15) is 11.8 Å². The fraction of sp³-hybridized carbons (Fsp3) is 0.240. The van der Waals surface area contributed by atoms with E-state index in [0.717, 1.165) is 27.9 Å². The van der Waals surface area contributed by atoms with Crippen molar-refractivity contribution in [2.24, 2.45) is 0 Å². The summed E-state index contributed by atoms with van der Waals surface area (Å²) in [4.78, 5) is 28.2. The number of fused-ring (bicyclic) bond motifs is 3. The van der Waals surface area contributed by atoms with Crippen LogP contribution in [-0.4, -0.2) is 40.6 Å². The molecule has 1 amide bonds. The van der Waals surface area contributed by atoms with Gasteiger partial charge in [0.2, 0.25) is 0 Å². The molecule has 1 atom stereocenters. The first-order valence-electron chi connectivity index (χ1n) is 10.6. The highest BCUT2D eigenvalue weighted by atomic mass is 35.5. The summed E-state index contributed by atoms with van der Waals surface area (Å²) in [5, 5.41) is 12.6. The van der Waals surface area contributed by atoms with Crippen LogP contribution in [0, 0.1) is 0 Å². The van der Waals surface area contributed by atoms with E-state index in [2.05, 4.69) is 22.4 Å². The number of nitrogens with zero attached hydrogens (tertiary/aromatic N) is 1. The zero-order valence-electron chi connectivity index (χ0n) is 17.7. The minimum Gasteiger partial charge on any atom is -0.480 e. The molecule has 33 heavy (non-hydrogen) atoms. The maximum atomic E-state index is 12.4. The van der Waals surface area contributed by atoms with Gasteiger partial charge in [-0.1, -0.05) is 60.1 Å². The standard InChI is InChI=1S/C25H23ClN2O4S/c26-16-9-11-27-17(13-16)15-33-12-10-23(24(29)30)28-25(31)32-14-22-20-7-3-1-5-18(20)19-6-2-4-8-21(19)22/h1-9,11,13,22-23H,10,12,14-15H2,(H,28,31)(H,29,30). The molecule has 0 saturated heterocycles. The molecule has 0 fully saturated rings. The normalized spacial score (nSPS) is 13.1. The predicted molar refractivity (Wildman–Crippen MR) is 130 cm³/mol. The smallest absolute Gasteiger partial charge is 0.407 e. The average Bonchev–Trinajstić information content (AvgIpc) is 3.13. The maximum Gasteiger partial charge on any atom is 0.407 e. The first-order chi connectivity index (χ1) is 16.0. The van der Waals surface area contributed by atoms with E-state index in [0.29, 0.717) is 16.5 Å². The van der Waals surface area contributed by atoms with Gasteiger partial charge in [-0.3, -0.25) is 4.98 Å². The molecule has 0 spiro atoms. The van der Waals surface area contributed by atoms with Crippen molar-refractivity contribution in [1.82, 2.24) is 10.3 Å². The lowest BCUT2D eigenvalue weighted by Crippen LogP contribution is -2.41. The highest BCUT2D eigenvalue weighted by molar-refractivity contribution is 7.98. The second kappa shape index (κ2) is 10.7. The number of thioether (sulfide) groups is 1. The Morgan fingerprint density at radius 3 is 2.39 bits per heavy atom. The molecule has 1 aliphatic rings. The summed E-state index contributed by atoms with van der Waals surface area (Å²) in [6.07, 6.45) is 1.17. The summed E-state index contributed by atoms with van der Waals surface area (Å²) in [6, 6.07) is 18.6. The van der Waals surface area contributed by atoms with Gasteiger partial charge in [-0.15, -0.1) is 0 Å². The Bertz CT molecular complexity index is 1110. The number of halogens is 1. The number of carbonyl (C=O) groups excluding carboxylic acids is 1. The van der Waals surface area contributed by atoms with Crippen LogP contribution in [-0.2, 0) is 15.3 Å². The van der Waals surface area contributed by atoms with Crippen molar-refractivity contribution < 1.29 is 19.4 Å². The molecule has 0 bridgehead atoms. The summed E-state index contributed by atoms with van der Waals surface area (Å²) >= 11 is 7.48. The van der Waals surface area contributed by atoms with Crippen molar-refractivity contribution >= 4 is 35.4 Å². The molecule has 3 aromatic rings. The fourth-order valence-corrected chi connectivity index (χ4v) is 5.04. The highest BCUT2D eigenvalue weighted by Crippen LogP contribution is 2.44. The molecule has 0 radical (unpaired) electrons. The number of hydrogen-bond acceptors (Lipinski definition) is 5. The molecule has 6 nitrogen and oxygen atoms in total. The van der Waals surface area contributed by atoms with Gasteiger partial charge < -0.3 is 15.2 Å². The number of benzene rings is 2. The second-order valence-electron chi connectivity index (χ2n) is 7.67. The number of pyridine rings is 1. The number of alkyl carbamates (subject to hydrolysis) is 1. The summed E-state index contributed by atoms with van der Waals surface area (Å²) < 4.78 is 5.46. The number of rotatable bonds is 9. The number of aromatic nitrogens is 1. The molecule has 4 rings (SSSR count). The zero-order valence-corrected chi connectivity index (χ0v) is 19.3. The number of nitrogens with one attached hydrogen (secondary N) is 1. The minimum atomic E-state index is -1.09. The molecular formula is C25H23ClN2O4S. The third kappa shape index (κ3) is 5.67. The number of carbonyl (C=O) groups is 2. The zero-order chi connectivity index (χ0) is 23.2. The number of ether oxygens (including phenoxy) is 1. The largest absolute Gasteiger partial charge is 0.480 e. The number of carboxylic acids is 1. The molecule has 0 aliphatic heterocycles. The summed E-state index contributed by atoms with van der Waals surface area (Å²) in [5.74, 6) is -0.0238. The molecule has 8 heteroatoms. The number of carboxylic acid groups (broad SMARTS) is 1. The van der Waals surface area contributed by atoms with E-state index in [1.165, 1.54) is 11.8 Å². The van der Waals surface area contributed by atoms with Gasteiger partial charge in [0.25, 0.3) is 0 Å². The maximum absolute atomic E-state index is 12.4. The van der Waals surface area contributed by atoms with E-state index in [4.69, 9.17) is 16.3 Å². The first kappa shape index (κ1) is 23.1. The van der Waals surface area contributed by atoms with Gasteiger partial charge in [0.1, 0.15) is 12.6 Å². The van der Waals surface area contributed by atoms with Crippen LogP contribution in [0.3, 0.4) is 0 Å². The van der Waals surface area contributed by atoms with Crippen LogP contribution in [0.5, 0.6) is 0 Å². The monoisotopic (exact) mass is 482 g/mol. The Morgan fingerprint density at radius 2 is 1.76 bits per heavy atom. The first-order valence-corrected chi connectivity index (χ1v) is 12.1. The highest BCUT2D eigenvalue weighted by Gasteiger charge is 2.29. The van der Waals surface area contributed by atoms with Gasteiger partial charge in [-0.05, 0) is 46.6 Å². The molecule has 0 saturated carbocycles. The van der Waals surface area contributed by atoms with Gasteiger partial charge in [0.15, 0.2) is 0 Å². The van der Waals surface area contributed by atoms with E-state index in [-0.39, 0.29) is 18.9 Å². The molecule has 2 aromatic carbocycles. The summed E-state index contributed by atoms with van der Waals surface area (Å²) in [6.45, 7) is 0.140. The summed E-state index contributed by atoms with van der Waals surface area (Å²) in [5.41, 5.74) is 5.30. The van der Waals surface area contributed by atoms with Gasteiger partial charge in [-0.25, -0.2) is 9.59 Å². The predicted octanol–water partition coefficient (Wildman–Crippen LogP) is 5.35. The molecular weight excluding hydrogens is 460 g/mol. The molecule has 170 valence electrons. The van der Waals surface area contributed by atoms with E-state index < -0.39 is 18.1 Å². The van der Waals surface area contributed by atoms with Crippen LogP contribution in [0.15, 0.2) is 66.9 Å². The molecule has 1 unspecified atom stereocenters. The summed E-state index contributed by atoms with van der Waals surface area (Å²) in [7, 11) is 0. The topological polar surface area (TPSA) is 88.5 Å². The van der Waals surface area contributed by atoms with Crippen LogP contribution < -0.4 is 5.32 Å². The number of hydrogen-bond donors (Lipinski definition) is 2. The molecule has 1 heterocycles. The van der Waals surface area contributed by atoms with E-state index in [1.807, 2.05) is 36.4 Å². The third-order valence-corrected chi connectivity index (χ3v) is 6.77. The van der Waals surface area contributed by atoms with Gasteiger partial charge in [0, 0.05) is 22.9 Å². The van der Waals surface area contributed by atoms with Crippen LogP contribution in [0.25, 0.3) is 11.1 Å². The quantitative estimate of drug-likeness (QED) is 0.400. The minimum absolute atomic E-state index is 0.0767. The van der Waals surface area contributed by atoms with Crippen LogP contribution in [0.4, 0.5) is 4.79 Å². The van der Waals surface area contributed by atoms with Crippen molar-refractivity contribution in [2.45, 2.75) is 24.1 Å². The lowest BCUT2D eigenvalue weighted by atomic mass is 9.98. The van der Waals surface area contributed by atoms with Crippen molar-refractivity contribution in [1.29, 1.82) is 0 Å². The second-order valence-corrected chi connectivity index (χ2v) is 9.21. The van der Waals surface area contributed by atoms with Crippen LogP contribution in [0.1, 0.15) is 29.2 Å². The Balaban J connectivity index is 1.29. The van der Waals surface area contributed by atoms with Crippen molar-refractivity contribution in [2.75, 3.05) is 12.4 Å². The molecule has 1 aliphatic carbocycles.